The summed E-state index contributed by atoms with van der Waals surface area (Å²) in [7, 11) is 0. The summed E-state index contributed by atoms with van der Waals surface area (Å²) in [5, 5.41) is 6.03. The predicted octanol–water partition coefficient (Wildman–Crippen LogP) is 3.96. The Morgan fingerprint density at radius 3 is 2.65 bits per heavy atom. The summed E-state index contributed by atoms with van der Waals surface area (Å²) in [5.74, 6) is 0.0330. The third-order valence-electron chi connectivity index (χ3n) is 3.92. The first kappa shape index (κ1) is 20.1. The van der Waals surface area contributed by atoms with Crippen LogP contribution in [0.2, 0.25) is 5.02 Å². The van der Waals surface area contributed by atoms with Gasteiger partial charge in [-0.2, -0.15) is 0 Å². The van der Waals surface area contributed by atoms with Gasteiger partial charge in [0.1, 0.15) is 5.75 Å². The molecular weight excluding hydrogens is 356 g/mol. The monoisotopic (exact) mass is 380 g/mol. The van der Waals surface area contributed by atoms with Crippen molar-refractivity contribution >= 4 is 23.6 Å². The fraction of sp³-hybridized carbons (Fsp3) is 0.474. The Morgan fingerprint density at radius 1 is 1.31 bits per heavy atom. The first-order valence-corrected chi connectivity index (χ1v) is 9.17. The summed E-state index contributed by atoms with van der Waals surface area (Å²) < 4.78 is 11.0. The first-order chi connectivity index (χ1) is 12.4. The van der Waals surface area contributed by atoms with E-state index in [4.69, 9.17) is 21.1 Å². The average molecular weight is 381 g/mol. The molecule has 1 aromatic carbocycles. The molecule has 1 heterocycles. The highest BCUT2D eigenvalue weighted by Crippen LogP contribution is 2.36. The zero-order valence-corrected chi connectivity index (χ0v) is 16.3. The van der Waals surface area contributed by atoms with Crippen LogP contribution in [-0.2, 0) is 9.53 Å². The Morgan fingerprint density at radius 2 is 2.04 bits per heavy atom. The molecule has 0 aliphatic carbocycles. The summed E-state index contributed by atoms with van der Waals surface area (Å²) in [6.45, 7) is 8.31. The van der Waals surface area contributed by atoms with Crippen molar-refractivity contribution in [2.75, 3.05) is 13.2 Å². The maximum absolute atomic E-state index is 12.7. The van der Waals surface area contributed by atoms with Gasteiger partial charge in [0.2, 0.25) is 0 Å². The molecule has 7 heteroatoms. The second-order valence-corrected chi connectivity index (χ2v) is 6.70. The topological polar surface area (TPSA) is 76.7 Å². The molecule has 2 rings (SSSR count). The number of urea groups is 1. The van der Waals surface area contributed by atoms with E-state index in [0.717, 1.165) is 6.42 Å². The second-order valence-electron chi connectivity index (χ2n) is 6.26. The van der Waals surface area contributed by atoms with E-state index in [0.29, 0.717) is 34.2 Å². The Bertz CT molecular complexity index is 715. The highest BCUT2D eigenvalue weighted by atomic mass is 35.5. The van der Waals surface area contributed by atoms with Crippen molar-refractivity contribution in [3.05, 3.63) is 40.1 Å². The van der Waals surface area contributed by atoms with Crippen molar-refractivity contribution in [3.8, 4) is 5.75 Å². The maximum atomic E-state index is 12.7. The smallest absolute Gasteiger partial charge is 0.338 e. The Kier molecular flexibility index (Phi) is 6.91. The molecule has 0 bridgehead atoms. The van der Waals surface area contributed by atoms with Gasteiger partial charge in [0.05, 0.1) is 24.8 Å². The Balaban J connectivity index is 2.60. The number of hydrogen-bond donors (Lipinski definition) is 2. The average Bonchev–Trinajstić information content (AvgIpc) is 2.59. The molecule has 0 aromatic heterocycles. The van der Waals surface area contributed by atoms with Crippen molar-refractivity contribution in [1.82, 2.24) is 10.6 Å². The maximum Gasteiger partial charge on any atom is 0.338 e. The molecule has 2 N–H and O–H groups in total. The lowest BCUT2D eigenvalue weighted by atomic mass is 9.91. The zero-order chi connectivity index (χ0) is 19.3. The number of esters is 1. The van der Waals surface area contributed by atoms with Crippen LogP contribution in [0.3, 0.4) is 0 Å². The van der Waals surface area contributed by atoms with Crippen LogP contribution in [0.15, 0.2) is 29.5 Å². The van der Waals surface area contributed by atoms with Crippen LogP contribution in [0.1, 0.15) is 45.7 Å². The fourth-order valence-corrected chi connectivity index (χ4v) is 2.98. The first-order valence-electron chi connectivity index (χ1n) is 8.79. The molecule has 0 saturated heterocycles. The third-order valence-corrected chi connectivity index (χ3v) is 4.15. The molecule has 26 heavy (non-hydrogen) atoms. The number of nitrogens with one attached hydrogen (secondary N) is 2. The van der Waals surface area contributed by atoms with E-state index in [1.54, 1.807) is 25.1 Å². The highest BCUT2D eigenvalue weighted by molar-refractivity contribution is 6.30. The predicted molar refractivity (Wildman–Crippen MR) is 100 cm³/mol. The van der Waals surface area contributed by atoms with Gasteiger partial charge < -0.3 is 20.1 Å². The standard InChI is InChI=1S/C19H25ClN2O4/c1-5-9-26-14-8-7-12(20)10-13(14)17-15(18(23)25-6-2)16(11(3)4)21-19(24)22-17/h7-8,10-11,17H,5-6,9H2,1-4H3,(H2,21,22,24). The van der Waals surface area contributed by atoms with E-state index in [2.05, 4.69) is 10.6 Å². The SMILES string of the molecule is CCCOc1ccc(Cl)cc1C1NC(=O)NC(C(C)C)=C1C(=O)OCC. The summed E-state index contributed by atoms with van der Waals surface area (Å²) in [6, 6.07) is 4.09. The molecule has 1 aromatic rings. The van der Waals surface area contributed by atoms with E-state index >= 15 is 0 Å². The van der Waals surface area contributed by atoms with Crippen molar-refractivity contribution in [2.24, 2.45) is 5.92 Å². The van der Waals surface area contributed by atoms with Crippen LogP contribution >= 0.6 is 11.6 Å². The molecule has 1 unspecified atom stereocenters. The van der Waals surface area contributed by atoms with Crippen molar-refractivity contribution in [1.29, 1.82) is 0 Å². The van der Waals surface area contributed by atoms with Gasteiger partial charge in [0.25, 0.3) is 0 Å². The summed E-state index contributed by atoms with van der Waals surface area (Å²) in [6.07, 6.45) is 0.832. The minimum absolute atomic E-state index is 0.0675. The summed E-state index contributed by atoms with van der Waals surface area (Å²) >= 11 is 6.18. The van der Waals surface area contributed by atoms with E-state index in [9.17, 15) is 9.59 Å². The second kappa shape index (κ2) is 8.94. The van der Waals surface area contributed by atoms with Crippen LogP contribution in [0.4, 0.5) is 4.79 Å². The van der Waals surface area contributed by atoms with Crippen molar-refractivity contribution < 1.29 is 19.1 Å². The van der Waals surface area contributed by atoms with Crippen LogP contribution in [0, 0.1) is 5.92 Å². The van der Waals surface area contributed by atoms with Gasteiger partial charge in [0, 0.05) is 16.3 Å². The lowest BCUT2D eigenvalue weighted by molar-refractivity contribution is -0.139. The quantitative estimate of drug-likeness (QED) is 0.702. The lowest BCUT2D eigenvalue weighted by Gasteiger charge is -2.31. The molecule has 1 atom stereocenters. The fourth-order valence-electron chi connectivity index (χ4n) is 2.80. The molecule has 2 amide bonds. The number of carbonyl (C=O) groups excluding carboxylic acids is 2. The van der Waals surface area contributed by atoms with E-state index in [1.807, 2.05) is 20.8 Å². The number of carbonyl (C=O) groups is 2. The summed E-state index contributed by atoms with van der Waals surface area (Å²) in [5.41, 5.74) is 1.53. The molecule has 142 valence electrons. The van der Waals surface area contributed by atoms with Crippen LogP contribution in [0.5, 0.6) is 5.75 Å². The van der Waals surface area contributed by atoms with E-state index < -0.39 is 12.0 Å². The third kappa shape index (κ3) is 4.49. The number of hydrogen-bond acceptors (Lipinski definition) is 4. The molecular formula is C19H25ClN2O4. The van der Waals surface area contributed by atoms with Gasteiger partial charge in [0.15, 0.2) is 0 Å². The van der Waals surface area contributed by atoms with Crippen LogP contribution < -0.4 is 15.4 Å². The van der Waals surface area contributed by atoms with Gasteiger partial charge in [-0.25, -0.2) is 9.59 Å². The largest absolute Gasteiger partial charge is 0.493 e. The van der Waals surface area contributed by atoms with Crippen molar-refractivity contribution in [2.45, 2.75) is 40.2 Å². The molecule has 0 saturated carbocycles. The highest BCUT2D eigenvalue weighted by Gasteiger charge is 2.36. The number of allylic oxidation sites excluding steroid dienone is 1. The number of ether oxygens (including phenoxy) is 2. The van der Waals surface area contributed by atoms with Gasteiger partial charge >= 0.3 is 12.0 Å². The minimum atomic E-state index is -0.703. The van der Waals surface area contributed by atoms with Crippen LogP contribution in [0.25, 0.3) is 0 Å². The summed E-state index contributed by atoms with van der Waals surface area (Å²) in [4.78, 5) is 24.9. The number of halogens is 1. The van der Waals surface area contributed by atoms with Gasteiger partial charge in [-0.1, -0.05) is 32.4 Å². The van der Waals surface area contributed by atoms with Gasteiger partial charge in [-0.15, -0.1) is 0 Å². The molecule has 0 fully saturated rings. The Hall–Kier alpha value is -2.21. The molecule has 1 aliphatic rings. The van der Waals surface area contributed by atoms with Crippen molar-refractivity contribution in [3.63, 3.8) is 0 Å². The van der Waals surface area contributed by atoms with Gasteiger partial charge in [-0.3, -0.25) is 0 Å². The molecule has 1 aliphatic heterocycles. The lowest BCUT2D eigenvalue weighted by Crippen LogP contribution is -2.47. The Labute approximate surface area is 158 Å². The van der Waals surface area contributed by atoms with Crippen LogP contribution in [-0.4, -0.2) is 25.2 Å². The normalized spacial score (nSPS) is 17.0. The molecule has 0 spiro atoms. The molecule has 0 radical (unpaired) electrons. The number of amides is 2. The van der Waals surface area contributed by atoms with E-state index in [1.165, 1.54) is 0 Å². The van der Waals surface area contributed by atoms with Gasteiger partial charge in [-0.05, 0) is 37.5 Å². The zero-order valence-electron chi connectivity index (χ0n) is 15.5. The molecule has 6 nitrogen and oxygen atoms in total. The minimum Gasteiger partial charge on any atom is -0.493 e. The van der Waals surface area contributed by atoms with E-state index in [-0.39, 0.29) is 18.6 Å². The number of rotatable bonds is 7. The number of benzene rings is 1.